The van der Waals surface area contributed by atoms with Gasteiger partial charge in [0.1, 0.15) is 0 Å². The molecule has 8 heteroatoms. The Morgan fingerprint density at radius 3 is 1.35 bits per heavy atom. The van der Waals surface area contributed by atoms with E-state index in [1.807, 2.05) is 48.5 Å². The predicted molar refractivity (Wildman–Crippen MR) is 101 cm³/mol. The summed E-state index contributed by atoms with van der Waals surface area (Å²) >= 11 is 0. The van der Waals surface area contributed by atoms with E-state index in [-0.39, 0.29) is 24.7 Å². The number of hydroxylamine groups is 2. The van der Waals surface area contributed by atoms with Crippen molar-refractivity contribution in [2.24, 2.45) is 0 Å². The van der Waals surface area contributed by atoms with Crippen molar-refractivity contribution >= 4 is 33.4 Å². The molecule has 2 rings (SSSR count). The third kappa shape index (κ3) is 7.09. The fraction of sp³-hybridized carbons (Fsp3) is 0.222. The zero-order chi connectivity index (χ0) is 18.8. The Labute approximate surface area is 159 Å². The molecule has 26 heavy (non-hydrogen) atoms. The Hall–Kier alpha value is -2.00. The van der Waals surface area contributed by atoms with E-state index in [1.54, 1.807) is 32.5 Å². The van der Waals surface area contributed by atoms with E-state index in [0.717, 1.165) is 20.9 Å². The number of aryl methyl sites for hydroxylation is 2. The molecule has 2 amide bonds. The van der Waals surface area contributed by atoms with Crippen LogP contribution in [0.3, 0.4) is 0 Å². The smallest absolute Gasteiger partial charge is 0.243 e. The molecule has 0 radical (unpaired) electrons. The summed E-state index contributed by atoms with van der Waals surface area (Å²) in [5.41, 5.74) is 5.34. The van der Waals surface area contributed by atoms with Crippen molar-refractivity contribution in [3.63, 3.8) is 0 Å². The monoisotopic (exact) mass is 392 g/mol. The van der Waals surface area contributed by atoms with E-state index < -0.39 is 0 Å². The highest BCUT2D eigenvalue weighted by Gasteiger charge is 2.03. The van der Waals surface area contributed by atoms with Gasteiger partial charge >= 0.3 is 0 Å². The third-order valence-corrected chi connectivity index (χ3v) is 6.03. The molecule has 0 saturated carbocycles. The van der Waals surface area contributed by atoms with Crippen LogP contribution in [0.1, 0.15) is 24.0 Å². The first-order chi connectivity index (χ1) is 12.6. The van der Waals surface area contributed by atoms with E-state index in [2.05, 4.69) is 0 Å². The molecule has 0 heterocycles. The summed E-state index contributed by atoms with van der Waals surface area (Å²) < 4.78 is 0. The van der Waals surface area contributed by atoms with E-state index in [4.69, 9.17) is 10.4 Å². The standard InChI is InChI=1S/C18H20N2O4S2/c21-17(19-23)11-5-13-1-7-15(8-2-13)25-26-16-9-3-14(4-10-16)6-12-18(22)20-24/h1-4,7-10,23-24H,5-6,11-12H2,(H,19,21)(H,20,22). The lowest BCUT2D eigenvalue weighted by molar-refractivity contribution is -0.129. The SMILES string of the molecule is O=C(CCc1ccc(SSc2ccc(CCC(=O)NO)cc2)cc1)NO. The van der Waals surface area contributed by atoms with Gasteiger partial charge in [-0.15, -0.1) is 0 Å². The Bertz CT molecular complexity index is 657. The summed E-state index contributed by atoms with van der Waals surface area (Å²) in [4.78, 5) is 24.3. The van der Waals surface area contributed by atoms with Crippen LogP contribution in [0.5, 0.6) is 0 Å². The van der Waals surface area contributed by atoms with Crippen molar-refractivity contribution in [2.75, 3.05) is 0 Å². The fourth-order valence-electron chi connectivity index (χ4n) is 2.15. The van der Waals surface area contributed by atoms with E-state index in [1.165, 1.54) is 0 Å². The number of carbonyl (C=O) groups excluding carboxylic acids is 2. The Kier molecular flexibility index (Phi) is 8.49. The fourth-order valence-corrected chi connectivity index (χ4v) is 4.08. The Morgan fingerprint density at radius 2 is 1.04 bits per heavy atom. The number of hydrogen-bond acceptors (Lipinski definition) is 6. The number of benzene rings is 2. The summed E-state index contributed by atoms with van der Waals surface area (Å²) in [5, 5.41) is 17.0. The summed E-state index contributed by atoms with van der Waals surface area (Å²) in [6.45, 7) is 0. The molecule has 0 spiro atoms. The number of rotatable bonds is 9. The Morgan fingerprint density at radius 1 is 0.692 bits per heavy atom. The van der Waals surface area contributed by atoms with Crippen molar-refractivity contribution < 1.29 is 20.0 Å². The second-order valence-electron chi connectivity index (χ2n) is 5.52. The molecule has 4 N–H and O–H groups in total. The second kappa shape index (κ2) is 10.9. The van der Waals surface area contributed by atoms with Crippen LogP contribution < -0.4 is 11.0 Å². The second-order valence-corrected chi connectivity index (χ2v) is 7.80. The molecule has 2 aromatic rings. The van der Waals surface area contributed by atoms with Gasteiger partial charge < -0.3 is 0 Å². The van der Waals surface area contributed by atoms with Gasteiger partial charge in [0.2, 0.25) is 11.8 Å². The van der Waals surface area contributed by atoms with Gasteiger partial charge in [-0.25, -0.2) is 11.0 Å². The zero-order valence-corrected chi connectivity index (χ0v) is 15.6. The molecule has 0 atom stereocenters. The van der Waals surface area contributed by atoms with Gasteiger partial charge in [-0.3, -0.25) is 20.0 Å². The lowest BCUT2D eigenvalue weighted by Gasteiger charge is -2.05. The molecule has 138 valence electrons. The van der Waals surface area contributed by atoms with Gasteiger partial charge in [-0.2, -0.15) is 0 Å². The highest BCUT2D eigenvalue weighted by molar-refractivity contribution is 8.76. The number of nitrogens with one attached hydrogen (secondary N) is 2. The maximum atomic E-state index is 11.0. The minimum Gasteiger partial charge on any atom is -0.289 e. The van der Waals surface area contributed by atoms with Gasteiger partial charge in [0, 0.05) is 22.6 Å². The van der Waals surface area contributed by atoms with Crippen molar-refractivity contribution in [2.45, 2.75) is 35.5 Å². The molecule has 0 fully saturated rings. The van der Waals surface area contributed by atoms with Crippen LogP contribution >= 0.6 is 21.6 Å². The first kappa shape index (κ1) is 20.3. The lowest BCUT2D eigenvalue weighted by Crippen LogP contribution is -2.18. The Balaban J connectivity index is 1.79. The lowest BCUT2D eigenvalue weighted by atomic mass is 10.1. The molecule has 0 bridgehead atoms. The van der Waals surface area contributed by atoms with Crippen LogP contribution in [-0.2, 0) is 22.4 Å². The van der Waals surface area contributed by atoms with Gasteiger partial charge in [0.05, 0.1) is 0 Å². The van der Waals surface area contributed by atoms with Crippen molar-refractivity contribution in [3.05, 3.63) is 59.7 Å². The average molecular weight is 393 g/mol. The summed E-state index contributed by atoms with van der Waals surface area (Å²) in [5.74, 6) is -0.779. The van der Waals surface area contributed by atoms with Gasteiger partial charge in [-0.1, -0.05) is 45.9 Å². The normalized spacial score (nSPS) is 10.4. The maximum Gasteiger partial charge on any atom is 0.243 e. The third-order valence-electron chi connectivity index (χ3n) is 3.61. The highest BCUT2D eigenvalue weighted by atomic mass is 33.1. The summed E-state index contributed by atoms with van der Waals surface area (Å²) in [7, 11) is 3.28. The molecule has 0 aliphatic rings. The largest absolute Gasteiger partial charge is 0.289 e. The average Bonchev–Trinajstić information content (AvgIpc) is 2.70. The van der Waals surface area contributed by atoms with E-state index in [0.29, 0.717) is 12.8 Å². The van der Waals surface area contributed by atoms with Gasteiger partial charge in [0.25, 0.3) is 0 Å². The van der Waals surface area contributed by atoms with Crippen LogP contribution in [0.25, 0.3) is 0 Å². The molecule has 2 aromatic carbocycles. The van der Waals surface area contributed by atoms with Crippen molar-refractivity contribution in [1.29, 1.82) is 0 Å². The van der Waals surface area contributed by atoms with Crippen LogP contribution in [0.4, 0.5) is 0 Å². The van der Waals surface area contributed by atoms with Crippen LogP contribution in [0.15, 0.2) is 58.3 Å². The van der Waals surface area contributed by atoms with E-state index in [9.17, 15) is 9.59 Å². The number of carbonyl (C=O) groups is 2. The van der Waals surface area contributed by atoms with Crippen molar-refractivity contribution in [1.82, 2.24) is 11.0 Å². The molecular formula is C18H20N2O4S2. The number of hydrogen-bond donors (Lipinski definition) is 4. The number of amides is 2. The minimum atomic E-state index is -0.389. The first-order valence-electron chi connectivity index (χ1n) is 7.99. The molecule has 0 aliphatic heterocycles. The van der Waals surface area contributed by atoms with Crippen molar-refractivity contribution in [3.8, 4) is 0 Å². The molecular weight excluding hydrogens is 372 g/mol. The predicted octanol–water partition coefficient (Wildman–Crippen LogP) is 3.36. The topological polar surface area (TPSA) is 98.7 Å². The molecule has 0 saturated heterocycles. The van der Waals surface area contributed by atoms with Gasteiger partial charge in [-0.05, 0) is 48.2 Å². The first-order valence-corrected chi connectivity index (χ1v) is 10.1. The van der Waals surface area contributed by atoms with Crippen LogP contribution in [0, 0.1) is 0 Å². The molecule has 0 unspecified atom stereocenters. The maximum absolute atomic E-state index is 11.0. The van der Waals surface area contributed by atoms with Gasteiger partial charge in [0.15, 0.2) is 0 Å². The summed E-state index contributed by atoms with van der Waals surface area (Å²) in [6.07, 6.45) is 1.68. The molecule has 6 nitrogen and oxygen atoms in total. The van der Waals surface area contributed by atoms with E-state index >= 15 is 0 Å². The van der Waals surface area contributed by atoms with Crippen LogP contribution in [-0.4, -0.2) is 22.2 Å². The summed E-state index contributed by atoms with van der Waals surface area (Å²) in [6, 6.07) is 15.9. The quantitative estimate of drug-likeness (QED) is 0.297. The minimum absolute atomic E-state index is 0.254. The molecule has 0 aromatic heterocycles. The van der Waals surface area contributed by atoms with Crippen LogP contribution in [0.2, 0.25) is 0 Å². The highest BCUT2D eigenvalue weighted by Crippen LogP contribution is 2.37. The zero-order valence-electron chi connectivity index (χ0n) is 14.0. The molecule has 0 aliphatic carbocycles.